The first kappa shape index (κ1) is 7.46. The van der Waals surface area contributed by atoms with Crippen LogP contribution in [0.4, 0.5) is 0 Å². The molecule has 1 radical (unpaired) electrons. The zero-order valence-electron chi connectivity index (χ0n) is 5.87. The van der Waals surface area contributed by atoms with E-state index < -0.39 is 11.8 Å². The SMILES string of the molecule is CNC(=O)c1ccnnc1[O]. The van der Waals surface area contributed by atoms with E-state index in [2.05, 4.69) is 15.5 Å². The van der Waals surface area contributed by atoms with E-state index >= 15 is 0 Å². The Labute approximate surface area is 63.1 Å². The van der Waals surface area contributed by atoms with Crippen LogP contribution in [0.3, 0.4) is 0 Å². The zero-order valence-corrected chi connectivity index (χ0v) is 5.87. The summed E-state index contributed by atoms with van der Waals surface area (Å²) in [7, 11) is 1.45. The molecule has 5 heteroatoms. The number of carbonyl (C=O) groups is 1. The smallest absolute Gasteiger partial charge is 0.301 e. The molecule has 1 rings (SSSR count). The molecule has 0 atom stereocenters. The van der Waals surface area contributed by atoms with Crippen LogP contribution in [0.1, 0.15) is 10.4 Å². The summed E-state index contributed by atoms with van der Waals surface area (Å²) in [6.45, 7) is 0. The van der Waals surface area contributed by atoms with Crippen LogP contribution in [-0.4, -0.2) is 23.2 Å². The van der Waals surface area contributed by atoms with Crippen molar-refractivity contribution in [3.05, 3.63) is 17.8 Å². The van der Waals surface area contributed by atoms with Gasteiger partial charge in [0.15, 0.2) is 0 Å². The van der Waals surface area contributed by atoms with Gasteiger partial charge in [0.2, 0.25) is 0 Å². The molecular weight excluding hydrogens is 146 g/mol. The second kappa shape index (κ2) is 2.96. The van der Waals surface area contributed by atoms with Gasteiger partial charge >= 0.3 is 5.88 Å². The average molecular weight is 152 g/mol. The van der Waals surface area contributed by atoms with Crippen LogP contribution < -0.4 is 5.32 Å². The van der Waals surface area contributed by atoms with Crippen molar-refractivity contribution in [1.82, 2.24) is 15.5 Å². The zero-order chi connectivity index (χ0) is 8.27. The molecule has 5 nitrogen and oxygen atoms in total. The lowest BCUT2D eigenvalue weighted by atomic mass is 10.3. The summed E-state index contributed by atoms with van der Waals surface area (Å²) < 4.78 is 0. The number of carbonyl (C=O) groups excluding carboxylic acids is 1. The normalized spacial score (nSPS) is 9.18. The Morgan fingerprint density at radius 1 is 1.64 bits per heavy atom. The molecule has 0 aliphatic carbocycles. The van der Waals surface area contributed by atoms with Crippen molar-refractivity contribution < 1.29 is 9.90 Å². The van der Waals surface area contributed by atoms with Crippen LogP contribution >= 0.6 is 0 Å². The highest BCUT2D eigenvalue weighted by Crippen LogP contribution is 2.09. The average Bonchev–Trinajstić information content (AvgIpc) is 2.04. The van der Waals surface area contributed by atoms with Crippen LogP contribution in [0.25, 0.3) is 0 Å². The summed E-state index contributed by atoms with van der Waals surface area (Å²) in [5, 5.41) is 19.6. The fourth-order valence-electron chi connectivity index (χ4n) is 0.626. The molecule has 0 fully saturated rings. The van der Waals surface area contributed by atoms with Gasteiger partial charge in [-0.3, -0.25) is 9.90 Å². The predicted octanol–water partition coefficient (Wildman–Crippen LogP) is -0.0200. The standard InChI is InChI=1S/C6H6N3O2/c1-7-5(10)4-2-3-8-9-6(4)11/h2-3H,1H3,(H,7,10). The molecule has 0 saturated heterocycles. The molecule has 0 aromatic carbocycles. The van der Waals surface area contributed by atoms with Crippen molar-refractivity contribution in [3.8, 4) is 5.88 Å². The first-order chi connectivity index (χ1) is 5.25. The Bertz CT molecular complexity index is 274. The molecule has 1 amide bonds. The highest BCUT2D eigenvalue weighted by atomic mass is 16.3. The maximum atomic E-state index is 10.9. The lowest BCUT2D eigenvalue weighted by molar-refractivity contribution is 0.0957. The van der Waals surface area contributed by atoms with Crippen molar-refractivity contribution in [2.75, 3.05) is 7.05 Å². The molecule has 11 heavy (non-hydrogen) atoms. The fourth-order valence-corrected chi connectivity index (χ4v) is 0.626. The summed E-state index contributed by atoms with van der Waals surface area (Å²) in [6.07, 6.45) is 1.30. The first-order valence-electron chi connectivity index (χ1n) is 2.96. The van der Waals surface area contributed by atoms with E-state index in [1.54, 1.807) is 0 Å². The van der Waals surface area contributed by atoms with Gasteiger partial charge in [0, 0.05) is 7.05 Å². The number of hydrogen-bond donors (Lipinski definition) is 1. The fraction of sp³-hybridized carbons (Fsp3) is 0.167. The minimum absolute atomic E-state index is 0.0162. The molecule has 0 unspecified atom stereocenters. The van der Waals surface area contributed by atoms with E-state index in [0.717, 1.165) is 0 Å². The molecule has 1 heterocycles. The van der Waals surface area contributed by atoms with Crippen molar-refractivity contribution >= 4 is 5.91 Å². The maximum Gasteiger partial charge on any atom is 0.301 e. The minimum Gasteiger partial charge on any atom is -0.355 e. The topological polar surface area (TPSA) is 74.8 Å². The molecule has 0 spiro atoms. The Morgan fingerprint density at radius 3 is 2.91 bits per heavy atom. The number of amides is 1. The molecule has 1 aromatic heterocycles. The van der Waals surface area contributed by atoms with Crippen molar-refractivity contribution in [2.45, 2.75) is 0 Å². The van der Waals surface area contributed by atoms with E-state index in [0.29, 0.717) is 0 Å². The molecule has 0 aliphatic heterocycles. The first-order valence-corrected chi connectivity index (χ1v) is 2.96. The van der Waals surface area contributed by atoms with Crippen LogP contribution in [0, 0.1) is 0 Å². The Morgan fingerprint density at radius 2 is 2.36 bits per heavy atom. The van der Waals surface area contributed by atoms with Crippen LogP contribution in [0.5, 0.6) is 5.88 Å². The molecule has 0 saturated carbocycles. The molecule has 1 aromatic rings. The molecule has 0 bridgehead atoms. The predicted molar refractivity (Wildman–Crippen MR) is 35.6 cm³/mol. The third-order valence-corrected chi connectivity index (χ3v) is 1.16. The van der Waals surface area contributed by atoms with Crippen molar-refractivity contribution in [2.24, 2.45) is 0 Å². The second-order valence-electron chi connectivity index (χ2n) is 1.83. The quantitative estimate of drug-likeness (QED) is 0.614. The number of aromatic nitrogens is 2. The lowest BCUT2D eigenvalue weighted by Crippen LogP contribution is -2.18. The molecule has 57 valence electrons. The molecule has 1 N–H and O–H groups in total. The summed E-state index contributed by atoms with van der Waals surface area (Å²) >= 11 is 0. The number of nitrogens with one attached hydrogen (secondary N) is 1. The lowest BCUT2D eigenvalue weighted by Gasteiger charge is -1.96. The van der Waals surface area contributed by atoms with Gasteiger partial charge in [0.25, 0.3) is 5.91 Å². The van der Waals surface area contributed by atoms with Gasteiger partial charge in [-0.05, 0) is 6.07 Å². The highest BCUT2D eigenvalue weighted by molar-refractivity contribution is 5.95. The second-order valence-corrected chi connectivity index (χ2v) is 1.83. The van der Waals surface area contributed by atoms with Gasteiger partial charge in [0.05, 0.1) is 6.20 Å². The van der Waals surface area contributed by atoms with E-state index in [1.807, 2.05) is 0 Å². The number of nitrogens with zero attached hydrogens (tertiary/aromatic N) is 2. The molecule has 0 aliphatic rings. The number of hydrogen-bond acceptors (Lipinski definition) is 3. The maximum absolute atomic E-state index is 10.9. The van der Waals surface area contributed by atoms with E-state index in [4.69, 9.17) is 0 Å². The number of rotatable bonds is 1. The van der Waals surface area contributed by atoms with Gasteiger partial charge in [0.1, 0.15) is 5.56 Å². The Kier molecular flexibility index (Phi) is 2.00. The van der Waals surface area contributed by atoms with Gasteiger partial charge in [-0.2, -0.15) is 5.10 Å². The van der Waals surface area contributed by atoms with E-state index in [1.165, 1.54) is 19.3 Å². The van der Waals surface area contributed by atoms with Crippen LogP contribution in [-0.2, 0) is 5.11 Å². The van der Waals surface area contributed by atoms with E-state index in [-0.39, 0.29) is 5.56 Å². The largest absolute Gasteiger partial charge is 0.355 e. The third-order valence-electron chi connectivity index (χ3n) is 1.16. The van der Waals surface area contributed by atoms with E-state index in [9.17, 15) is 9.90 Å². The van der Waals surface area contributed by atoms with Gasteiger partial charge in [-0.25, -0.2) is 0 Å². The minimum atomic E-state index is -0.605. The summed E-state index contributed by atoms with van der Waals surface area (Å²) in [6, 6.07) is 1.33. The third kappa shape index (κ3) is 1.43. The van der Waals surface area contributed by atoms with Gasteiger partial charge in [-0.15, -0.1) is 5.10 Å². The Hall–Kier alpha value is -1.65. The van der Waals surface area contributed by atoms with Gasteiger partial charge in [-0.1, -0.05) is 0 Å². The van der Waals surface area contributed by atoms with Crippen LogP contribution in [0.2, 0.25) is 0 Å². The van der Waals surface area contributed by atoms with Crippen molar-refractivity contribution in [3.63, 3.8) is 0 Å². The monoisotopic (exact) mass is 152 g/mol. The summed E-state index contributed by atoms with van der Waals surface area (Å²) in [5.41, 5.74) is 0.0162. The van der Waals surface area contributed by atoms with Gasteiger partial charge < -0.3 is 5.32 Å². The summed E-state index contributed by atoms with van der Waals surface area (Å²) in [5.74, 6) is -1.04. The molecular formula is C6H6N3O2. The van der Waals surface area contributed by atoms with Crippen molar-refractivity contribution in [1.29, 1.82) is 0 Å². The summed E-state index contributed by atoms with van der Waals surface area (Å²) in [4.78, 5) is 10.9. The Balaban J connectivity index is 3.03. The van der Waals surface area contributed by atoms with Crippen LogP contribution in [0.15, 0.2) is 12.3 Å². The highest BCUT2D eigenvalue weighted by Gasteiger charge is 2.10.